The van der Waals surface area contributed by atoms with E-state index in [-0.39, 0.29) is 11.9 Å². The molecule has 0 aromatic heterocycles. The van der Waals surface area contributed by atoms with E-state index in [1.165, 1.54) is 7.11 Å². The normalized spacial score (nSPS) is 12.0. The van der Waals surface area contributed by atoms with Crippen LogP contribution < -0.4 is 4.74 Å². The summed E-state index contributed by atoms with van der Waals surface area (Å²) in [6.07, 6.45) is 0.346. The Balaban J connectivity index is 2.80. The van der Waals surface area contributed by atoms with Crippen molar-refractivity contribution in [2.75, 3.05) is 14.2 Å². The van der Waals surface area contributed by atoms with Crippen LogP contribution in [-0.4, -0.2) is 20.2 Å². The topological polar surface area (TPSA) is 35.5 Å². The molecule has 1 atom stereocenters. The lowest BCUT2D eigenvalue weighted by atomic mass is 9.98. The van der Waals surface area contributed by atoms with E-state index in [9.17, 15) is 4.79 Å². The van der Waals surface area contributed by atoms with Crippen molar-refractivity contribution in [3.05, 3.63) is 28.8 Å². The Labute approximate surface area is 100 Å². The highest BCUT2D eigenvalue weighted by atomic mass is 35.5. The van der Waals surface area contributed by atoms with Gasteiger partial charge in [-0.2, -0.15) is 0 Å². The van der Waals surface area contributed by atoms with E-state index < -0.39 is 0 Å². The lowest BCUT2D eigenvalue weighted by Gasteiger charge is -2.12. The molecule has 0 aliphatic carbocycles. The standard InChI is InChI=1S/C12H15ClO3/c1-8(6-12(14)16-3)9-4-5-11(15-2)10(13)7-9/h4-5,7-8H,6H2,1-3H3/t8-/m1/s1. The van der Waals surface area contributed by atoms with Crippen molar-refractivity contribution in [1.29, 1.82) is 0 Å². The van der Waals surface area contributed by atoms with Crippen molar-refractivity contribution < 1.29 is 14.3 Å². The predicted molar refractivity (Wildman–Crippen MR) is 63.1 cm³/mol. The molecule has 1 aromatic rings. The van der Waals surface area contributed by atoms with Crippen LogP contribution in [0.25, 0.3) is 0 Å². The van der Waals surface area contributed by atoms with Gasteiger partial charge in [0.2, 0.25) is 0 Å². The van der Waals surface area contributed by atoms with Gasteiger partial charge < -0.3 is 9.47 Å². The first kappa shape index (κ1) is 12.8. The second-order valence-corrected chi connectivity index (χ2v) is 3.98. The van der Waals surface area contributed by atoms with Gasteiger partial charge >= 0.3 is 5.97 Å². The molecule has 0 spiro atoms. The summed E-state index contributed by atoms with van der Waals surface area (Å²) in [5.41, 5.74) is 0.996. The molecule has 1 aromatic carbocycles. The first-order valence-electron chi connectivity index (χ1n) is 4.98. The van der Waals surface area contributed by atoms with E-state index in [4.69, 9.17) is 16.3 Å². The zero-order valence-corrected chi connectivity index (χ0v) is 10.4. The summed E-state index contributed by atoms with van der Waals surface area (Å²) >= 11 is 6.00. The summed E-state index contributed by atoms with van der Waals surface area (Å²) in [5, 5.41) is 0.553. The third-order valence-corrected chi connectivity index (χ3v) is 2.74. The van der Waals surface area contributed by atoms with E-state index in [1.807, 2.05) is 19.1 Å². The number of ether oxygens (including phenoxy) is 2. The number of esters is 1. The predicted octanol–water partition coefficient (Wildman–Crippen LogP) is 3.02. The number of hydrogen-bond donors (Lipinski definition) is 0. The molecule has 0 heterocycles. The minimum atomic E-state index is -0.223. The fourth-order valence-corrected chi connectivity index (χ4v) is 1.71. The summed E-state index contributed by atoms with van der Waals surface area (Å²) in [7, 11) is 2.95. The van der Waals surface area contributed by atoms with Gasteiger partial charge in [-0.05, 0) is 23.6 Å². The Morgan fingerprint density at radius 2 is 2.12 bits per heavy atom. The largest absolute Gasteiger partial charge is 0.495 e. The maximum atomic E-state index is 11.1. The Morgan fingerprint density at radius 1 is 1.44 bits per heavy atom. The van der Waals surface area contributed by atoms with E-state index in [2.05, 4.69) is 4.74 Å². The molecule has 0 saturated heterocycles. The van der Waals surface area contributed by atoms with Gasteiger partial charge in [-0.1, -0.05) is 24.6 Å². The van der Waals surface area contributed by atoms with Gasteiger partial charge in [0.15, 0.2) is 0 Å². The highest BCUT2D eigenvalue weighted by Gasteiger charge is 2.13. The Kier molecular flexibility index (Phi) is 4.62. The summed E-state index contributed by atoms with van der Waals surface area (Å²) in [6, 6.07) is 5.51. The van der Waals surface area contributed by atoms with Crippen molar-refractivity contribution >= 4 is 17.6 Å². The molecule has 1 rings (SSSR count). The van der Waals surface area contributed by atoms with Crippen LogP contribution in [0.2, 0.25) is 5.02 Å². The maximum absolute atomic E-state index is 11.1. The molecule has 16 heavy (non-hydrogen) atoms. The monoisotopic (exact) mass is 242 g/mol. The number of benzene rings is 1. The molecule has 0 unspecified atom stereocenters. The molecule has 0 N–H and O–H groups in total. The van der Waals surface area contributed by atoms with Gasteiger partial charge in [0, 0.05) is 0 Å². The Hall–Kier alpha value is -1.22. The maximum Gasteiger partial charge on any atom is 0.306 e. The van der Waals surface area contributed by atoms with Crippen LogP contribution >= 0.6 is 11.6 Å². The molecule has 4 heteroatoms. The third kappa shape index (κ3) is 3.14. The average molecular weight is 243 g/mol. The van der Waals surface area contributed by atoms with Crippen molar-refractivity contribution in [1.82, 2.24) is 0 Å². The summed E-state index contributed by atoms with van der Waals surface area (Å²) in [4.78, 5) is 11.1. The molecule has 0 amide bonds. The van der Waals surface area contributed by atoms with Crippen LogP contribution in [0.5, 0.6) is 5.75 Å². The number of methoxy groups -OCH3 is 2. The number of carbonyl (C=O) groups is 1. The first-order chi connectivity index (χ1) is 7.58. The van der Waals surface area contributed by atoms with Gasteiger partial charge in [0.1, 0.15) is 5.75 Å². The lowest BCUT2D eigenvalue weighted by molar-refractivity contribution is -0.140. The van der Waals surface area contributed by atoms with Crippen molar-refractivity contribution in [3.8, 4) is 5.75 Å². The van der Waals surface area contributed by atoms with Crippen molar-refractivity contribution in [2.24, 2.45) is 0 Å². The van der Waals surface area contributed by atoms with Crippen LogP contribution in [0.1, 0.15) is 24.8 Å². The third-order valence-electron chi connectivity index (χ3n) is 2.45. The molecule has 0 saturated carbocycles. The number of rotatable bonds is 4. The van der Waals surface area contributed by atoms with Crippen LogP contribution in [-0.2, 0) is 9.53 Å². The molecule has 0 bridgehead atoms. The van der Waals surface area contributed by atoms with Crippen LogP contribution in [0.4, 0.5) is 0 Å². The summed E-state index contributed by atoms with van der Waals surface area (Å²) in [6.45, 7) is 1.95. The van der Waals surface area contributed by atoms with E-state index in [0.717, 1.165) is 5.56 Å². The summed E-state index contributed by atoms with van der Waals surface area (Å²) < 4.78 is 9.68. The molecule has 3 nitrogen and oxygen atoms in total. The Bertz CT molecular complexity index is 377. The highest BCUT2D eigenvalue weighted by Crippen LogP contribution is 2.29. The van der Waals surface area contributed by atoms with E-state index >= 15 is 0 Å². The fraction of sp³-hybridized carbons (Fsp3) is 0.417. The minimum absolute atomic E-state index is 0.0795. The van der Waals surface area contributed by atoms with Gasteiger partial charge in [0.25, 0.3) is 0 Å². The summed E-state index contributed by atoms with van der Waals surface area (Å²) in [5.74, 6) is 0.492. The van der Waals surface area contributed by atoms with E-state index in [0.29, 0.717) is 17.2 Å². The average Bonchev–Trinajstić information content (AvgIpc) is 2.28. The van der Waals surface area contributed by atoms with Gasteiger partial charge in [-0.15, -0.1) is 0 Å². The second kappa shape index (κ2) is 5.75. The van der Waals surface area contributed by atoms with Crippen LogP contribution in [0, 0.1) is 0 Å². The van der Waals surface area contributed by atoms with Crippen LogP contribution in [0.3, 0.4) is 0 Å². The van der Waals surface area contributed by atoms with Gasteiger partial charge in [-0.25, -0.2) is 0 Å². The SMILES string of the molecule is COC(=O)C[C@@H](C)c1ccc(OC)c(Cl)c1. The molecule has 0 fully saturated rings. The number of halogens is 1. The number of hydrogen-bond acceptors (Lipinski definition) is 3. The second-order valence-electron chi connectivity index (χ2n) is 3.58. The highest BCUT2D eigenvalue weighted by molar-refractivity contribution is 6.32. The molecule has 88 valence electrons. The minimum Gasteiger partial charge on any atom is -0.495 e. The smallest absolute Gasteiger partial charge is 0.306 e. The zero-order chi connectivity index (χ0) is 12.1. The Morgan fingerprint density at radius 3 is 2.62 bits per heavy atom. The zero-order valence-electron chi connectivity index (χ0n) is 9.62. The number of carbonyl (C=O) groups excluding carboxylic acids is 1. The quantitative estimate of drug-likeness (QED) is 0.762. The van der Waals surface area contributed by atoms with Gasteiger partial charge in [0.05, 0.1) is 25.7 Å². The molecule has 0 radical (unpaired) electrons. The first-order valence-corrected chi connectivity index (χ1v) is 5.36. The van der Waals surface area contributed by atoms with E-state index in [1.54, 1.807) is 13.2 Å². The molecule has 0 aliphatic heterocycles. The molecular formula is C12H15ClO3. The van der Waals surface area contributed by atoms with Crippen molar-refractivity contribution in [2.45, 2.75) is 19.3 Å². The van der Waals surface area contributed by atoms with Crippen molar-refractivity contribution in [3.63, 3.8) is 0 Å². The molecular weight excluding hydrogens is 228 g/mol. The fourth-order valence-electron chi connectivity index (χ4n) is 1.44. The lowest BCUT2D eigenvalue weighted by Crippen LogP contribution is -2.06. The molecule has 0 aliphatic rings. The van der Waals surface area contributed by atoms with Crippen LogP contribution in [0.15, 0.2) is 18.2 Å². The van der Waals surface area contributed by atoms with Gasteiger partial charge in [-0.3, -0.25) is 4.79 Å².